The van der Waals surface area contributed by atoms with Crippen LogP contribution in [0, 0.1) is 0 Å². The largest absolute Gasteiger partial charge is 0.352 e. The van der Waals surface area contributed by atoms with E-state index in [4.69, 9.17) is 4.98 Å². The predicted octanol–water partition coefficient (Wildman–Crippen LogP) is 1.32. The number of rotatable bonds is 3. The van der Waals surface area contributed by atoms with Crippen LogP contribution in [0.15, 0.2) is 43.2 Å². The maximum atomic E-state index is 4.69. The molecule has 1 saturated heterocycles. The molecule has 1 N–H and O–H groups in total. The zero-order chi connectivity index (χ0) is 16.6. The van der Waals surface area contributed by atoms with Gasteiger partial charge in [-0.15, -0.1) is 0 Å². The van der Waals surface area contributed by atoms with E-state index >= 15 is 0 Å². The topological polar surface area (TPSA) is 78.2 Å². The number of aromatic nitrogens is 6. The molecule has 25 heavy (non-hydrogen) atoms. The molecule has 0 atom stereocenters. The molecule has 1 aliphatic heterocycles. The van der Waals surface area contributed by atoms with Crippen molar-refractivity contribution in [1.82, 2.24) is 34.2 Å². The molecular weight excluding hydrogens is 316 g/mol. The van der Waals surface area contributed by atoms with Crippen molar-refractivity contribution >= 4 is 22.6 Å². The number of piperazine rings is 1. The van der Waals surface area contributed by atoms with E-state index in [0.29, 0.717) is 0 Å². The number of anilines is 1. The number of nitrogens with one attached hydrogen (secondary N) is 1. The van der Waals surface area contributed by atoms with Crippen LogP contribution >= 0.6 is 0 Å². The monoisotopic (exact) mass is 334 g/mol. The number of fused-ring (bicyclic) bond motifs is 2. The van der Waals surface area contributed by atoms with Crippen molar-refractivity contribution in [2.75, 3.05) is 31.1 Å². The smallest absolute Gasteiger partial charge is 0.182 e. The van der Waals surface area contributed by atoms with Gasteiger partial charge in [0.1, 0.15) is 17.5 Å². The van der Waals surface area contributed by atoms with Crippen molar-refractivity contribution in [3.63, 3.8) is 0 Å². The van der Waals surface area contributed by atoms with E-state index in [0.717, 1.165) is 61.0 Å². The lowest BCUT2D eigenvalue weighted by Gasteiger charge is -2.35. The van der Waals surface area contributed by atoms with E-state index in [1.165, 1.54) is 0 Å². The fourth-order valence-electron chi connectivity index (χ4n) is 3.40. The number of hydrogen-bond acceptors (Lipinski definition) is 6. The third-order valence-electron chi connectivity index (χ3n) is 4.67. The molecule has 1 aliphatic rings. The molecule has 0 unspecified atom stereocenters. The third-order valence-corrected chi connectivity index (χ3v) is 4.67. The SMILES string of the molecule is c1ccn2cc(CN3CCN(c4ncnc5nc[nH]c45)CC3)nc2c1. The van der Waals surface area contributed by atoms with Crippen LogP contribution in [0.25, 0.3) is 16.8 Å². The molecule has 0 aliphatic carbocycles. The Labute approximate surface area is 144 Å². The summed E-state index contributed by atoms with van der Waals surface area (Å²) in [6.07, 6.45) is 7.40. The van der Waals surface area contributed by atoms with Crippen LogP contribution < -0.4 is 4.90 Å². The lowest BCUT2D eigenvalue weighted by Crippen LogP contribution is -2.46. The van der Waals surface area contributed by atoms with Gasteiger partial charge in [-0.3, -0.25) is 4.90 Å². The van der Waals surface area contributed by atoms with E-state index in [-0.39, 0.29) is 0 Å². The number of hydrogen-bond donors (Lipinski definition) is 1. The Balaban J connectivity index is 1.29. The van der Waals surface area contributed by atoms with Gasteiger partial charge in [0.2, 0.25) is 0 Å². The van der Waals surface area contributed by atoms with Gasteiger partial charge in [-0.1, -0.05) is 6.07 Å². The Hall–Kier alpha value is -3.00. The molecule has 5 rings (SSSR count). The Morgan fingerprint density at radius 2 is 1.96 bits per heavy atom. The molecular formula is C17H18N8. The van der Waals surface area contributed by atoms with Crippen molar-refractivity contribution in [3.8, 4) is 0 Å². The zero-order valence-electron chi connectivity index (χ0n) is 13.7. The van der Waals surface area contributed by atoms with E-state index in [1.807, 2.05) is 24.4 Å². The first-order chi connectivity index (χ1) is 12.4. The second kappa shape index (κ2) is 5.82. The number of nitrogens with zero attached hydrogens (tertiary/aromatic N) is 7. The molecule has 0 radical (unpaired) electrons. The summed E-state index contributed by atoms with van der Waals surface area (Å²) in [7, 11) is 0. The maximum absolute atomic E-state index is 4.69. The van der Waals surface area contributed by atoms with E-state index in [2.05, 4.69) is 40.3 Å². The molecule has 4 aromatic rings. The fourth-order valence-corrected chi connectivity index (χ4v) is 3.40. The molecule has 0 saturated carbocycles. The van der Waals surface area contributed by atoms with Crippen molar-refractivity contribution in [2.45, 2.75) is 6.54 Å². The summed E-state index contributed by atoms with van der Waals surface area (Å²) >= 11 is 0. The highest BCUT2D eigenvalue weighted by Gasteiger charge is 2.21. The van der Waals surface area contributed by atoms with Crippen LogP contribution in [0.5, 0.6) is 0 Å². The third kappa shape index (κ3) is 2.60. The van der Waals surface area contributed by atoms with Crippen molar-refractivity contribution < 1.29 is 0 Å². The van der Waals surface area contributed by atoms with Gasteiger partial charge >= 0.3 is 0 Å². The molecule has 126 valence electrons. The highest BCUT2D eigenvalue weighted by atomic mass is 15.3. The van der Waals surface area contributed by atoms with Crippen LogP contribution in [-0.4, -0.2) is 60.4 Å². The minimum Gasteiger partial charge on any atom is -0.352 e. The second-order valence-electron chi connectivity index (χ2n) is 6.26. The minimum atomic E-state index is 0.720. The summed E-state index contributed by atoms with van der Waals surface area (Å²) in [6.45, 7) is 4.69. The Morgan fingerprint density at radius 3 is 2.84 bits per heavy atom. The molecule has 8 nitrogen and oxygen atoms in total. The summed E-state index contributed by atoms with van der Waals surface area (Å²) in [4.78, 5) is 25.4. The van der Waals surface area contributed by atoms with Crippen LogP contribution in [0.1, 0.15) is 5.69 Å². The van der Waals surface area contributed by atoms with Crippen LogP contribution in [-0.2, 0) is 6.54 Å². The van der Waals surface area contributed by atoms with E-state index in [9.17, 15) is 0 Å². The lowest BCUT2D eigenvalue weighted by atomic mass is 10.3. The summed E-state index contributed by atoms with van der Waals surface area (Å²) in [6, 6.07) is 6.07. The molecule has 8 heteroatoms. The summed E-state index contributed by atoms with van der Waals surface area (Å²) in [5.41, 5.74) is 3.74. The van der Waals surface area contributed by atoms with Gasteiger partial charge in [0.05, 0.1) is 12.0 Å². The number of aromatic amines is 1. The zero-order valence-corrected chi connectivity index (χ0v) is 13.7. The van der Waals surface area contributed by atoms with Gasteiger partial charge < -0.3 is 14.3 Å². The van der Waals surface area contributed by atoms with E-state index in [1.54, 1.807) is 12.7 Å². The Kier molecular flexibility index (Phi) is 3.34. The first-order valence-corrected chi connectivity index (χ1v) is 8.41. The molecule has 4 aromatic heterocycles. The predicted molar refractivity (Wildman–Crippen MR) is 94.4 cm³/mol. The maximum Gasteiger partial charge on any atom is 0.182 e. The molecule has 0 spiro atoms. The molecule has 0 amide bonds. The average Bonchev–Trinajstić information content (AvgIpc) is 3.28. The van der Waals surface area contributed by atoms with Gasteiger partial charge in [0.25, 0.3) is 0 Å². The number of imidazole rings is 2. The van der Waals surface area contributed by atoms with E-state index < -0.39 is 0 Å². The highest BCUT2D eigenvalue weighted by Crippen LogP contribution is 2.21. The summed E-state index contributed by atoms with van der Waals surface area (Å²) in [5.74, 6) is 0.940. The number of H-pyrrole nitrogens is 1. The average molecular weight is 334 g/mol. The quantitative estimate of drug-likeness (QED) is 0.609. The molecule has 0 aromatic carbocycles. The fraction of sp³-hybridized carbons (Fsp3) is 0.294. The minimum absolute atomic E-state index is 0.720. The molecule has 5 heterocycles. The van der Waals surface area contributed by atoms with Gasteiger partial charge in [-0.05, 0) is 12.1 Å². The first-order valence-electron chi connectivity index (χ1n) is 8.41. The standard InChI is InChI=1S/C17H18N8/c1-2-4-25-10-13(22-14(25)3-1)9-23-5-7-24(8-6-23)17-15-16(19-11-18-15)20-12-21-17/h1-4,10-12H,5-9H2,(H,18,19,20,21). The second-order valence-corrected chi connectivity index (χ2v) is 6.26. The van der Waals surface area contributed by atoms with Crippen LogP contribution in [0.4, 0.5) is 5.82 Å². The Bertz CT molecular complexity index is 979. The first kappa shape index (κ1) is 14.4. The normalized spacial score (nSPS) is 16.1. The van der Waals surface area contributed by atoms with Gasteiger partial charge in [0, 0.05) is 45.1 Å². The van der Waals surface area contributed by atoms with Crippen molar-refractivity contribution in [2.24, 2.45) is 0 Å². The molecule has 0 bridgehead atoms. The lowest BCUT2D eigenvalue weighted by molar-refractivity contribution is 0.247. The van der Waals surface area contributed by atoms with Crippen molar-refractivity contribution in [1.29, 1.82) is 0 Å². The van der Waals surface area contributed by atoms with Crippen molar-refractivity contribution in [3.05, 3.63) is 48.9 Å². The van der Waals surface area contributed by atoms with Gasteiger partial charge in [-0.2, -0.15) is 0 Å². The number of pyridine rings is 1. The van der Waals surface area contributed by atoms with Crippen LogP contribution in [0.2, 0.25) is 0 Å². The van der Waals surface area contributed by atoms with Gasteiger partial charge in [0.15, 0.2) is 11.5 Å². The van der Waals surface area contributed by atoms with Gasteiger partial charge in [-0.25, -0.2) is 19.9 Å². The molecule has 1 fully saturated rings. The van der Waals surface area contributed by atoms with Crippen LogP contribution in [0.3, 0.4) is 0 Å². The Morgan fingerprint density at radius 1 is 1.04 bits per heavy atom. The highest BCUT2D eigenvalue weighted by molar-refractivity contribution is 5.82. The summed E-state index contributed by atoms with van der Waals surface area (Å²) < 4.78 is 2.07. The summed E-state index contributed by atoms with van der Waals surface area (Å²) in [5, 5.41) is 0.